The molecule has 2 unspecified atom stereocenters. The van der Waals surface area contributed by atoms with Crippen LogP contribution in [0.3, 0.4) is 0 Å². The van der Waals surface area contributed by atoms with E-state index in [0.29, 0.717) is 6.04 Å². The smallest absolute Gasteiger partial charge is 0.251 e. The predicted molar refractivity (Wildman–Crippen MR) is 86.7 cm³/mol. The molecule has 3 rings (SSSR count). The zero-order valence-corrected chi connectivity index (χ0v) is 13.1. The maximum atomic E-state index is 11.7. The van der Waals surface area contributed by atoms with Crippen LogP contribution in [0.2, 0.25) is 0 Å². The molecule has 2 aliphatic rings. The fraction of sp³-hybridized carbons (Fsp3) is 0.611. The molecule has 0 saturated heterocycles. The SMILES string of the molecule is CNC(=O)c1ccc(NC2CCCC(C3CC3)C2)c(C)c1. The molecule has 0 aromatic heterocycles. The van der Waals surface area contributed by atoms with Crippen molar-refractivity contribution in [2.75, 3.05) is 12.4 Å². The maximum Gasteiger partial charge on any atom is 0.251 e. The van der Waals surface area contributed by atoms with Crippen LogP contribution in [0.1, 0.15) is 54.4 Å². The van der Waals surface area contributed by atoms with Crippen molar-refractivity contribution in [3.8, 4) is 0 Å². The highest BCUT2D eigenvalue weighted by molar-refractivity contribution is 5.94. The van der Waals surface area contributed by atoms with Crippen LogP contribution < -0.4 is 10.6 Å². The van der Waals surface area contributed by atoms with Crippen molar-refractivity contribution >= 4 is 11.6 Å². The Morgan fingerprint density at radius 1 is 1.14 bits per heavy atom. The van der Waals surface area contributed by atoms with Gasteiger partial charge in [0.25, 0.3) is 5.91 Å². The lowest BCUT2D eigenvalue weighted by atomic mass is 9.82. The first-order valence-electron chi connectivity index (χ1n) is 8.26. The summed E-state index contributed by atoms with van der Waals surface area (Å²) >= 11 is 0. The number of hydrogen-bond acceptors (Lipinski definition) is 2. The van der Waals surface area contributed by atoms with E-state index in [0.717, 1.165) is 23.0 Å². The molecule has 0 aliphatic heterocycles. The molecule has 0 spiro atoms. The number of carbonyl (C=O) groups excluding carboxylic acids is 1. The molecule has 2 fully saturated rings. The minimum Gasteiger partial charge on any atom is -0.382 e. The summed E-state index contributed by atoms with van der Waals surface area (Å²) in [6.45, 7) is 2.08. The molecule has 0 bridgehead atoms. The van der Waals surface area contributed by atoms with Gasteiger partial charge in [-0.05, 0) is 68.2 Å². The molecule has 21 heavy (non-hydrogen) atoms. The average Bonchev–Trinajstić information content (AvgIpc) is 3.33. The van der Waals surface area contributed by atoms with Gasteiger partial charge in [-0.15, -0.1) is 0 Å². The van der Waals surface area contributed by atoms with Gasteiger partial charge in [0, 0.05) is 24.3 Å². The Morgan fingerprint density at radius 3 is 2.62 bits per heavy atom. The van der Waals surface area contributed by atoms with Gasteiger partial charge in [0.2, 0.25) is 0 Å². The van der Waals surface area contributed by atoms with E-state index in [-0.39, 0.29) is 5.91 Å². The quantitative estimate of drug-likeness (QED) is 0.885. The van der Waals surface area contributed by atoms with Crippen LogP contribution in [0, 0.1) is 18.8 Å². The van der Waals surface area contributed by atoms with Crippen LogP contribution in [0.25, 0.3) is 0 Å². The van der Waals surface area contributed by atoms with Gasteiger partial charge in [-0.2, -0.15) is 0 Å². The molecule has 2 saturated carbocycles. The standard InChI is InChI=1S/C18H26N2O/c1-12-10-15(18(21)19-2)8-9-17(12)20-16-5-3-4-14(11-16)13-6-7-13/h8-10,13-14,16,20H,3-7,11H2,1-2H3,(H,19,21). The van der Waals surface area contributed by atoms with Crippen molar-refractivity contribution in [1.82, 2.24) is 5.32 Å². The van der Waals surface area contributed by atoms with Crippen LogP contribution in [-0.4, -0.2) is 19.0 Å². The Balaban J connectivity index is 1.65. The van der Waals surface area contributed by atoms with Gasteiger partial charge in [0.15, 0.2) is 0 Å². The lowest BCUT2D eigenvalue weighted by molar-refractivity contribution is 0.0963. The lowest BCUT2D eigenvalue weighted by Gasteiger charge is -2.31. The summed E-state index contributed by atoms with van der Waals surface area (Å²) in [5.41, 5.74) is 3.08. The van der Waals surface area contributed by atoms with Crippen molar-refractivity contribution in [3.05, 3.63) is 29.3 Å². The molecule has 3 heteroatoms. The molecule has 114 valence electrons. The highest BCUT2D eigenvalue weighted by Crippen LogP contribution is 2.44. The van der Waals surface area contributed by atoms with Crippen LogP contribution in [0.4, 0.5) is 5.69 Å². The molecule has 2 N–H and O–H groups in total. The Morgan fingerprint density at radius 2 is 1.95 bits per heavy atom. The van der Waals surface area contributed by atoms with Crippen LogP contribution in [0.5, 0.6) is 0 Å². The number of benzene rings is 1. The summed E-state index contributed by atoms with van der Waals surface area (Å²) in [7, 11) is 1.67. The number of rotatable bonds is 4. The summed E-state index contributed by atoms with van der Waals surface area (Å²) in [6, 6.07) is 6.55. The highest BCUT2D eigenvalue weighted by atomic mass is 16.1. The van der Waals surface area contributed by atoms with Crippen molar-refractivity contribution in [1.29, 1.82) is 0 Å². The van der Waals surface area contributed by atoms with Gasteiger partial charge in [-0.25, -0.2) is 0 Å². The second-order valence-electron chi connectivity index (χ2n) is 6.71. The molecule has 0 heterocycles. The maximum absolute atomic E-state index is 11.7. The van der Waals surface area contributed by atoms with E-state index in [1.54, 1.807) is 7.05 Å². The molecule has 2 aliphatic carbocycles. The van der Waals surface area contributed by atoms with E-state index >= 15 is 0 Å². The number of aryl methyl sites for hydroxylation is 1. The first-order valence-corrected chi connectivity index (χ1v) is 8.26. The number of carbonyl (C=O) groups is 1. The normalized spacial score (nSPS) is 25.4. The Hall–Kier alpha value is -1.51. The van der Waals surface area contributed by atoms with E-state index in [9.17, 15) is 4.79 Å². The van der Waals surface area contributed by atoms with Crippen molar-refractivity contribution in [3.63, 3.8) is 0 Å². The van der Waals surface area contributed by atoms with Crippen molar-refractivity contribution in [2.24, 2.45) is 11.8 Å². The topological polar surface area (TPSA) is 41.1 Å². The van der Waals surface area contributed by atoms with Gasteiger partial charge in [-0.3, -0.25) is 4.79 Å². The second kappa shape index (κ2) is 6.08. The van der Waals surface area contributed by atoms with Gasteiger partial charge < -0.3 is 10.6 Å². The first-order chi connectivity index (χ1) is 10.2. The average molecular weight is 286 g/mol. The fourth-order valence-electron chi connectivity index (χ4n) is 3.69. The summed E-state index contributed by atoms with van der Waals surface area (Å²) in [4.78, 5) is 11.7. The molecule has 2 atom stereocenters. The summed E-state index contributed by atoms with van der Waals surface area (Å²) in [5, 5.41) is 6.39. The Kier molecular flexibility index (Phi) is 4.18. The monoisotopic (exact) mass is 286 g/mol. The third kappa shape index (κ3) is 3.39. The lowest BCUT2D eigenvalue weighted by Crippen LogP contribution is -2.28. The van der Waals surface area contributed by atoms with E-state index in [4.69, 9.17) is 0 Å². The molecule has 1 aromatic rings. The zero-order chi connectivity index (χ0) is 14.8. The minimum atomic E-state index is -0.0175. The number of nitrogens with one attached hydrogen (secondary N) is 2. The second-order valence-corrected chi connectivity index (χ2v) is 6.71. The van der Waals surface area contributed by atoms with E-state index in [2.05, 4.69) is 23.6 Å². The van der Waals surface area contributed by atoms with Crippen LogP contribution in [-0.2, 0) is 0 Å². The summed E-state index contributed by atoms with van der Waals surface area (Å²) in [6.07, 6.45) is 8.29. The number of anilines is 1. The summed E-state index contributed by atoms with van der Waals surface area (Å²) in [5.74, 6) is 1.95. The Labute approximate surface area is 127 Å². The minimum absolute atomic E-state index is 0.0175. The number of amides is 1. The largest absolute Gasteiger partial charge is 0.382 e. The first kappa shape index (κ1) is 14.4. The van der Waals surface area contributed by atoms with Crippen molar-refractivity contribution in [2.45, 2.75) is 51.5 Å². The zero-order valence-electron chi connectivity index (χ0n) is 13.1. The molecule has 3 nitrogen and oxygen atoms in total. The fourth-order valence-corrected chi connectivity index (χ4v) is 3.69. The van der Waals surface area contributed by atoms with E-state index in [1.807, 2.05) is 12.1 Å². The van der Waals surface area contributed by atoms with E-state index in [1.165, 1.54) is 44.2 Å². The molecular formula is C18H26N2O. The molecule has 1 amide bonds. The van der Waals surface area contributed by atoms with Crippen LogP contribution in [0.15, 0.2) is 18.2 Å². The molecular weight excluding hydrogens is 260 g/mol. The third-order valence-corrected chi connectivity index (χ3v) is 5.08. The summed E-state index contributed by atoms with van der Waals surface area (Å²) < 4.78 is 0. The van der Waals surface area contributed by atoms with Gasteiger partial charge in [-0.1, -0.05) is 12.8 Å². The molecule has 0 radical (unpaired) electrons. The highest BCUT2D eigenvalue weighted by Gasteiger charge is 2.34. The predicted octanol–water partition coefficient (Wildman–Crippen LogP) is 3.74. The molecule has 1 aromatic carbocycles. The van der Waals surface area contributed by atoms with Gasteiger partial charge in [0.1, 0.15) is 0 Å². The van der Waals surface area contributed by atoms with Gasteiger partial charge in [0.05, 0.1) is 0 Å². The van der Waals surface area contributed by atoms with E-state index < -0.39 is 0 Å². The number of hydrogen-bond donors (Lipinski definition) is 2. The third-order valence-electron chi connectivity index (χ3n) is 5.08. The Bertz CT molecular complexity index is 522. The van der Waals surface area contributed by atoms with Crippen molar-refractivity contribution < 1.29 is 4.79 Å². The van der Waals surface area contributed by atoms with Gasteiger partial charge >= 0.3 is 0 Å². The van der Waals surface area contributed by atoms with Crippen LogP contribution >= 0.6 is 0 Å².